The molecule has 0 bridgehead atoms. The molecule has 0 amide bonds. The first-order valence-electron chi connectivity index (χ1n) is 12.0. The third-order valence-electron chi connectivity index (χ3n) is 6.70. The fourth-order valence-electron chi connectivity index (χ4n) is 4.75. The van der Waals surface area contributed by atoms with Gasteiger partial charge in [-0.15, -0.1) is 0 Å². The Bertz CT molecular complexity index is 1610. The van der Waals surface area contributed by atoms with Crippen LogP contribution in [0.3, 0.4) is 0 Å². The third-order valence-corrected chi connectivity index (χ3v) is 7.00. The van der Waals surface area contributed by atoms with Crippen molar-refractivity contribution in [3.8, 4) is 34.0 Å². The first kappa shape index (κ1) is 25.2. The molecule has 38 heavy (non-hydrogen) atoms. The molecule has 2 aromatic heterocycles. The molecule has 0 spiro atoms. The van der Waals surface area contributed by atoms with Crippen molar-refractivity contribution in [2.24, 2.45) is 0 Å². The first-order valence-corrected chi connectivity index (χ1v) is 12.4. The summed E-state index contributed by atoms with van der Waals surface area (Å²) in [7, 11) is 3.03. The Morgan fingerprint density at radius 2 is 1.11 bits per heavy atom. The number of methoxy groups -OCH3 is 2. The van der Waals surface area contributed by atoms with E-state index in [1.54, 1.807) is 12.1 Å². The number of halogens is 1. The Balaban J connectivity index is 1.86. The summed E-state index contributed by atoms with van der Waals surface area (Å²) in [5, 5.41) is 11.8. The summed E-state index contributed by atoms with van der Waals surface area (Å²) in [6.45, 7) is 3.98. The van der Waals surface area contributed by atoms with Crippen molar-refractivity contribution in [2.45, 2.75) is 19.8 Å². The second-order valence-electron chi connectivity index (χ2n) is 9.13. The van der Waals surface area contributed by atoms with Gasteiger partial charge in [0.25, 0.3) is 11.1 Å². The van der Waals surface area contributed by atoms with Gasteiger partial charge in [0.05, 0.1) is 47.7 Å². The van der Waals surface area contributed by atoms with Crippen LogP contribution in [-0.4, -0.2) is 34.6 Å². The quantitative estimate of drug-likeness (QED) is 0.222. The molecular weight excluding hydrogens is 504 g/mol. The number of aromatic nitrogens is 4. The highest BCUT2D eigenvalue weighted by Gasteiger charge is 2.33. The van der Waals surface area contributed by atoms with Crippen LogP contribution in [0, 0.1) is 13.8 Å². The van der Waals surface area contributed by atoms with Gasteiger partial charge >= 0.3 is 0 Å². The van der Waals surface area contributed by atoms with Crippen LogP contribution in [0.4, 0.5) is 0 Å². The van der Waals surface area contributed by atoms with Crippen molar-refractivity contribution >= 4 is 11.6 Å². The van der Waals surface area contributed by atoms with Gasteiger partial charge in [-0.05, 0) is 31.0 Å². The van der Waals surface area contributed by atoms with Gasteiger partial charge in [0, 0.05) is 11.6 Å². The number of aromatic amines is 4. The van der Waals surface area contributed by atoms with Gasteiger partial charge in [-0.3, -0.25) is 30.0 Å². The summed E-state index contributed by atoms with van der Waals surface area (Å²) in [4.78, 5) is 27.0. The fraction of sp³-hybridized carbons (Fsp3) is 0.172. The molecule has 5 aromatic rings. The normalized spacial score (nSPS) is 11.2. The number of H-pyrrole nitrogens is 4. The molecule has 0 saturated heterocycles. The summed E-state index contributed by atoms with van der Waals surface area (Å²) in [6.07, 6.45) is 0. The van der Waals surface area contributed by atoms with E-state index < -0.39 is 5.92 Å². The highest BCUT2D eigenvalue weighted by Crippen LogP contribution is 2.44. The molecule has 0 fully saturated rings. The molecule has 0 unspecified atom stereocenters. The predicted molar refractivity (Wildman–Crippen MR) is 149 cm³/mol. The molecule has 0 aliphatic carbocycles. The van der Waals surface area contributed by atoms with Crippen LogP contribution in [-0.2, 0) is 0 Å². The monoisotopic (exact) mass is 530 g/mol. The van der Waals surface area contributed by atoms with Gasteiger partial charge in [-0.25, -0.2) is 0 Å². The lowest BCUT2D eigenvalue weighted by atomic mass is 9.82. The molecule has 0 atom stereocenters. The average molecular weight is 531 g/mol. The summed E-state index contributed by atoms with van der Waals surface area (Å²) in [5.74, 6) is -0.0254. The predicted octanol–water partition coefficient (Wildman–Crippen LogP) is 5.52. The largest absolute Gasteiger partial charge is 0.496 e. The summed E-state index contributed by atoms with van der Waals surface area (Å²) in [5.41, 5.74) is 5.37. The van der Waals surface area contributed by atoms with E-state index in [-0.39, 0.29) is 11.1 Å². The average Bonchev–Trinajstić information content (AvgIpc) is 3.48. The standard InChI is InChI=1S/C29H27ClN4O4/c1-15-5-9-17(10-6-15)26-24(28(35)33-31-26)23(19-13-20(30)22(38-4)14-21(19)37-3)25-27(32-34-29(25)36)18-11-7-16(2)8-12-18/h5-14,23H,1-4H3,(H2,31,33,35)(H2,32,34,36). The minimum Gasteiger partial charge on any atom is -0.496 e. The Morgan fingerprint density at radius 1 is 0.658 bits per heavy atom. The first-order chi connectivity index (χ1) is 18.3. The summed E-state index contributed by atoms with van der Waals surface area (Å²) < 4.78 is 11.1. The van der Waals surface area contributed by atoms with E-state index in [1.807, 2.05) is 62.4 Å². The molecule has 8 nitrogen and oxygen atoms in total. The van der Waals surface area contributed by atoms with Crippen molar-refractivity contribution in [1.29, 1.82) is 0 Å². The van der Waals surface area contributed by atoms with E-state index in [0.29, 0.717) is 44.6 Å². The van der Waals surface area contributed by atoms with Crippen LogP contribution in [0.1, 0.15) is 33.7 Å². The number of hydrogen-bond acceptors (Lipinski definition) is 4. The van der Waals surface area contributed by atoms with E-state index >= 15 is 0 Å². The SMILES string of the molecule is COc1cc(OC)c(C(c2c(-c3ccc(C)cc3)[nH][nH]c2=O)c2c(-c3ccc(C)cc3)[nH][nH]c2=O)cc1Cl. The lowest BCUT2D eigenvalue weighted by Gasteiger charge is -2.21. The Kier molecular flexibility index (Phi) is 6.73. The van der Waals surface area contributed by atoms with E-state index in [0.717, 1.165) is 22.3 Å². The highest BCUT2D eigenvalue weighted by molar-refractivity contribution is 6.32. The van der Waals surface area contributed by atoms with Gasteiger partial charge in [0.1, 0.15) is 11.5 Å². The molecule has 0 saturated carbocycles. The molecule has 4 N–H and O–H groups in total. The number of rotatable bonds is 7. The van der Waals surface area contributed by atoms with Crippen LogP contribution in [0.25, 0.3) is 22.5 Å². The maximum Gasteiger partial charge on any atom is 0.268 e. The molecule has 9 heteroatoms. The molecule has 0 radical (unpaired) electrons. The van der Waals surface area contributed by atoms with E-state index in [1.165, 1.54) is 14.2 Å². The zero-order valence-corrected chi connectivity index (χ0v) is 22.1. The molecular formula is C29H27ClN4O4. The van der Waals surface area contributed by atoms with Crippen LogP contribution >= 0.6 is 11.6 Å². The number of ether oxygens (including phenoxy) is 2. The van der Waals surface area contributed by atoms with Crippen LogP contribution in [0.15, 0.2) is 70.3 Å². The van der Waals surface area contributed by atoms with Gasteiger partial charge in [-0.1, -0.05) is 71.3 Å². The van der Waals surface area contributed by atoms with Gasteiger partial charge < -0.3 is 9.47 Å². The Hall–Kier alpha value is -4.43. The van der Waals surface area contributed by atoms with Crippen molar-refractivity contribution in [3.05, 3.63) is 114 Å². The van der Waals surface area contributed by atoms with Crippen LogP contribution < -0.4 is 20.6 Å². The minimum atomic E-state index is -0.856. The molecule has 5 rings (SSSR count). The summed E-state index contributed by atoms with van der Waals surface area (Å²) >= 11 is 6.59. The highest BCUT2D eigenvalue weighted by atomic mass is 35.5. The maximum atomic E-state index is 13.5. The fourth-order valence-corrected chi connectivity index (χ4v) is 5.00. The third kappa shape index (κ3) is 4.43. The summed E-state index contributed by atoms with van der Waals surface area (Å²) in [6, 6.07) is 18.9. The zero-order chi connectivity index (χ0) is 27.0. The molecule has 0 aliphatic rings. The second kappa shape index (κ2) is 10.1. The van der Waals surface area contributed by atoms with E-state index in [4.69, 9.17) is 21.1 Å². The lowest BCUT2D eigenvalue weighted by Crippen LogP contribution is -2.20. The van der Waals surface area contributed by atoms with Crippen LogP contribution in [0.2, 0.25) is 5.02 Å². The van der Waals surface area contributed by atoms with Crippen LogP contribution in [0.5, 0.6) is 11.5 Å². The molecule has 0 aliphatic heterocycles. The van der Waals surface area contributed by atoms with Crippen molar-refractivity contribution < 1.29 is 9.47 Å². The van der Waals surface area contributed by atoms with Gasteiger partial charge in [0.15, 0.2) is 0 Å². The number of aryl methyl sites for hydroxylation is 2. The lowest BCUT2D eigenvalue weighted by molar-refractivity contribution is 0.390. The van der Waals surface area contributed by atoms with Gasteiger partial charge in [0.2, 0.25) is 0 Å². The Morgan fingerprint density at radius 3 is 1.53 bits per heavy atom. The second-order valence-corrected chi connectivity index (χ2v) is 9.54. The number of benzene rings is 3. The number of nitrogens with one attached hydrogen (secondary N) is 4. The van der Waals surface area contributed by atoms with E-state index in [2.05, 4.69) is 20.4 Å². The van der Waals surface area contributed by atoms with E-state index in [9.17, 15) is 9.59 Å². The topological polar surface area (TPSA) is 116 Å². The smallest absolute Gasteiger partial charge is 0.268 e. The Labute approximate surface area is 223 Å². The molecule has 194 valence electrons. The maximum absolute atomic E-state index is 13.5. The van der Waals surface area contributed by atoms with Crippen molar-refractivity contribution in [3.63, 3.8) is 0 Å². The minimum absolute atomic E-state index is 0.320. The molecule has 3 aromatic carbocycles. The van der Waals surface area contributed by atoms with Gasteiger partial charge in [-0.2, -0.15) is 0 Å². The van der Waals surface area contributed by atoms with Crippen molar-refractivity contribution in [2.75, 3.05) is 14.2 Å². The number of hydrogen-bond donors (Lipinski definition) is 4. The molecule has 2 heterocycles. The van der Waals surface area contributed by atoms with Crippen molar-refractivity contribution in [1.82, 2.24) is 20.4 Å². The zero-order valence-electron chi connectivity index (χ0n) is 21.4.